The largest absolute Gasteiger partial charge is 0.629 e. The van der Waals surface area contributed by atoms with E-state index in [0.717, 1.165) is 23.0 Å². The van der Waals surface area contributed by atoms with E-state index in [2.05, 4.69) is 10.3 Å². The quantitative estimate of drug-likeness (QED) is 0.613. The van der Waals surface area contributed by atoms with E-state index in [4.69, 9.17) is 4.74 Å². The maximum atomic E-state index is 11.8. The van der Waals surface area contributed by atoms with Crippen LogP contribution >= 0.6 is 11.8 Å². The van der Waals surface area contributed by atoms with Gasteiger partial charge in [-0.05, 0) is 35.5 Å². The van der Waals surface area contributed by atoms with Gasteiger partial charge in [-0.25, -0.2) is 0 Å². The average Bonchev–Trinajstić information content (AvgIpc) is 2.91. The van der Waals surface area contributed by atoms with Gasteiger partial charge in [0.25, 0.3) is 11.1 Å². The molecule has 2 amide bonds. The van der Waals surface area contributed by atoms with E-state index >= 15 is 0 Å². The Kier molecular flexibility index (Phi) is 5.32. The summed E-state index contributed by atoms with van der Waals surface area (Å²) < 4.78 is 5.71. The van der Waals surface area contributed by atoms with E-state index in [0.29, 0.717) is 17.1 Å². The zero-order chi connectivity index (χ0) is 17.8. The molecule has 2 aliphatic heterocycles. The van der Waals surface area contributed by atoms with Crippen LogP contribution < -0.4 is 15.1 Å². The van der Waals surface area contributed by atoms with Gasteiger partial charge in [0.15, 0.2) is 0 Å². The number of amides is 2. The monoisotopic (exact) mass is 359 g/mol. The van der Waals surface area contributed by atoms with Gasteiger partial charge in [-0.3, -0.25) is 19.9 Å². The van der Waals surface area contributed by atoms with Crippen molar-refractivity contribution in [3.8, 4) is 5.75 Å². The van der Waals surface area contributed by atoms with E-state index in [9.17, 15) is 14.8 Å². The van der Waals surface area contributed by atoms with Gasteiger partial charge in [-0.1, -0.05) is 19.1 Å². The molecule has 2 atom stereocenters. The van der Waals surface area contributed by atoms with Gasteiger partial charge in [-0.2, -0.15) is 0 Å². The first kappa shape index (κ1) is 17.4. The second-order valence-corrected chi connectivity index (χ2v) is 6.52. The predicted molar refractivity (Wildman–Crippen MR) is 96.0 cm³/mol. The number of imide groups is 1. The minimum Gasteiger partial charge on any atom is -0.629 e. The van der Waals surface area contributed by atoms with E-state index in [1.54, 1.807) is 30.3 Å². The highest BCUT2D eigenvalue weighted by atomic mass is 32.2. The molecule has 0 saturated carbocycles. The van der Waals surface area contributed by atoms with Crippen molar-refractivity contribution in [3.05, 3.63) is 52.3 Å². The molecular weight excluding hydrogens is 342 g/mol. The molecule has 2 heterocycles. The van der Waals surface area contributed by atoms with Crippen molar-refractivity contribution in [1.29, 1.82) is 0 Å². The topological polar surface area (TPSA) is 95.3 Å². The summed E-state index contributed by atoms with van der Waals surface area (Å²) in [6.07, 6.45) is 5.34. The number of carbonyl (C=O) groups excluding carboxylic acids is 2. The zero-order valence-corrected chi connectivity index (χ0v) is 14.3. The Morgan fingerprint density at radius 3 is 2.76 bits per heavy atom. The number of benzene rings is 1. The molecule has 0 aliphatic carbocycles. The lowest BCUT2D eigenvalue weighted by Gasteiger charge is -2.30. The number of thioether (sulfide) groups is 1. The minimum absolute atomic E-state index is 0.0555. The molecule has 2 aliphatic rings. The Balaban J connectivity index is 1.63. The number of quaternary nitrogens is 1. The lowest BCUT2D eigenvalue weighted by atomic mass is 10.1. The number of nitrogens with one attached hydrogen (secondary N) is 2. The molecule has 7 nitrogen and oxygen atoms in total. The van der Waals surface area contributed by atoms with Crippen molar-refractivity contribution in [2.24, 2.45) is 4.99 Å². The summed E-state index contributed by atoms with van der Waals surface area (Å²) in [5.41, 5.74) is 1.51. The average molecular weight is 359 g/mol. The Hall–Kier alpha value is -2.42. The van der Waals surface area contributed by atoms with Crippen LogP contribution in [0.1, 0.15) is 18.9 Å². The van der Waals surface area contributed by atoms with Crippen LogP contribution in [0.4, 0.5) is 4.79 Å². The van der Waals surface area contributed by atoms with Crippen LogP contribution in [-0.4, -0.2) is 29.5 Å². The summed E-state index contributed by atoms with van der Waals surface area (Å²) in [6.45, 7) is 2.20. The van der Waals surface area contributed by atoms with Gasteiger partial charge in [0.05, 0.1) is 11.1 Å². The molecule has 1 aromatic carbocycles. The number of hydrogen-bond donors (Lipinski definition) is 2. The first-order valence-corrected chi connectivity index (χ1v) is 8.63. The fourth-order valence-electron chi connectivity index (χ4n) is 2.54. The predicted octanol–water partition coefficient (Wildman–Crippen LogP) is 1.48. The van der Waals surface area contributed by atoms with Gasteiger partial charge < -0.3 is 15.0 Å². The van der Waals surface area contributed by atoms with E-state index in [1.165, 1.54) is 12.4 Å². The highest BCUT2D eigenvalue weighted by Crippen LogP contribution is 2.26. The molecule has 1 fully saturated rings. The van der Waals surface area contributed by atoms with Crippen molar-refractivity contribution < 1.29 is 19.4 Å². The van der Waals surface area contributed by atoms with Crippen molar-refractivity contribution >= 4 is 34.7 Å². The van der Waals surface area contributed by atoms with Gasteiger partial charge in [0.1, 0.15) is 30.3 Å². The molecule has 130 valence electrons. The second kappa shape index (κ2) is 7.64. The summed E-state index contributed by atoms with van der Waals surface area (Å²) in [5, 5.41) is 13.7. The summed E-state index contributed by atoms with van der Waals surface area (Å²) in [5.74, 6) is 0.260. The van der Waals surface area contributed by atoms with E-state index in [-0.39, 0.29) is 28.9 Å². The van der Waals surface area contributed by atoms with Crippen LogP contribution in [0.15, 0.2) is 46.6 Å². The molecule has 0 bridgehead atoms. The number of hydroxylamine groups is 2. The molecule has 1 aromatic rings. The van der Waals surface area contributed by atoms with E-state index in [1.807, 2.05) is 6.92 Å². The number of hydrogen-bond acceptors (Lipinski definition) is 6. The molecule has 2 unspecified atom stereocenters. The standard InChI is InChI=1S/C17H17N3O4S/c1-2-14-13(18-7-8-20(14)23)10-24-12-5-3-11(4-6-12)9-15-16(21)19-17(22)25-15/h3-9,14,20H,2,10H2,1H3,(H,19,21,22). The fourth-order valence-corrected chi connectivity index (χ4v) is 3.22. The smallest absolute Gasteiger partial charge is 0.290 e. The van der Waals surface area contributed by atoms with Crippen LogP contribution in [0.5, 0.6) is 5.75 Å². The van der Waals surface area contributed by atoms with Crippen LogP contribution in [0, 0.1) is 5.21 Å². The third kappa shape index (κ3) is 4.16. The van der Waals surface area contributed by atoms with E-state index < -0.39 is 0 Å². The van der Waals surface area contributed by atoms with Crippen molar-refractivity contribution in [1.82, 2.24) is 5.32 Å². The molecule has 0 aromatic heterocycles. The maximum absolute atomic E-state index is 11.8. The number of carbonyl (C=O) groups is 2. The SMILES string of the molecule is CCC1C(COc2ccc(C=C3SC(=O)NC3=O)cc2)=NC=C[NH+]1[O-]. The fraction of sp³-hybridized carbons (Fsp3) is 0.235. The second-order valence-electron chi connectivity index (χ2n) is 5.51. The molecule has 2 N–H and O–H groups in total. The molecule has 8 heteroatoms. The minimum atomic E-state index is -0.381. The number of nitrogens with zero attached hydrogens (tertiary/aromatic N) is 1. The Labute approximate surface area is 149 Å². The molecule has 0 radical (unpaired) electrons. The normalized spacial score (nSPS) is 24.4. The van der Waals surface area contributed by atoms with Crippen molar-refractivity contribution in [2.75, 3.05) is 6.61 Å². The van der Waals surface area contributed by atoms with Crippen LogP contribution in [0.2, 0.25) is 0 Å². The number of ether oxygens (including phenoxy) is 1. The van der Waals surface area contributed by atoms with Crippen molar-refractivity contribution in [3.63, 3.8) is 0 Å². The molecule has 1 saturated heterocycles. The van der Waals surface area contributed by atoms with Crippen molar-refractivity contribution in [2.45, 2.75) is 19.4 Å². The highest BCUT2D eigenvalue weighted by molar-refractivity contribution is 8.18. The lowest BCUT2D eigenvalue weighted by molar-refractivity contribution is -0.809. The van der Waals surface area contributed by atoms with Gasteiger partial charge in [0.2, 0.25) is 0 Å². The maximum Gasteiger partial charge on any atom is 0.290 e. The lowest BCUT2D eigenvalue weighted by Crippen LogP contribution is -3.08. The Bertz CT molecular complexity index is 771. The summed E-state index contributed by atoms with van der Waals surface area (Å²) >= 11 is 0.881. The summed E-state index contributed by atoms with van der Waals surface area (Å²) in [7, 11) is 0. The summed E-state index contributed by atoms with van der Waals surface area (Å²) in [6, 6.07) is 6.92. The molecule has 0 spiro atoms. The van der Waals surface area contributed by atoms with Gasteiger partial charge in [-0.15, -0.1) is 0 Å². The molecular formula is C17H17N3O4S. The van der Waals surface area contributed by atoms with Crippen LogP contribution in [0.25, 0.3) is 6.08 Å². The summed E-state index contributed by atoms with van der Waals surface area (Å²) in [4.78, 5) is 27.3. The zero-order valence-electron chi connectivity index (χ0n) is 13.5. The third-order valence-electron chi connectivity index (χ3n) is 3.84. The van der Waals surface area contributed by atoms with Gasteiger partial charge in [0, 0.05) is 6.42 Å². The Morgan fingerprint density at radius 1 is 1.36 bits per heavy atom. The van der Waals surface area contributed by atoms with Gasteiger partial charge >= 0.3 is 0 Å². The first-order chi connectivity index (χ1) is 12.1. The molecule has 25 heavy (non-hydrogen) atoms. The number of aliphatic imine (C=N–C) groups is 1. The Morgan fingerprint density at radius 2 is 2.12 bits per heavy atom. The van der Waals surface area contributed by atoms with Crippen LogP contribution in [-0.2, 0) is 4.79 Å². The third-order valence-corrected chi connectivity index (χ3v) is 4.65. The first-order valence-electron chi connectivity index (χ1n) is 7.81. The number of rotatable bonds is 5. The van der Waals surface area contributed by atoms with Crippen LogP contribution in [0.3, 0.4) is 0 Å². The molecule has 3 rings (SSSR count). The highest BCUT2D eigenvalue weighted by Gasteiger charge is 2.25.